The lowest BCUT2D eigenvalue weighted by atomic mass is 10.2. The van der Waals surface area contributed by atoms with Gasteiger partial charge in [0.05, 0.1) is 19.1 Å². The van der Waals surface area contributed by atoms with E-state index in [4.69, 9.17) is 9.84 Å². The van der Waals surface area contributed by atoms with Gasteiger partial charge in [0.25, 0.3) is 0 Å². The molecule has 0 aliphatic heterocycles. The van der Waals surface area contributed by atoms with Crippen LogP contribution in [0, 0.1) is 5.82 Å². The molecule has 5 nitrogen and oxygen atoms in total. The highest BCUT2D eigenvalue weighted by Gasteiger charge is 2.17. The molecule has 0 aliphatic rings. The molecule has 1 aromatic rings. The Morgan fingerprint density at radius 3 is 2.43 bits per heavy atom. The van der Waals surface area contributed by atoms with Gasteiger partial charge in [-0.3, -0.25) is 9.59 Å². The van der Waals surface area contributed by atoms with E-state index in [0.717, 1.165) is 0 Å². The zero-order chi connectivity index (χ0) is 15.8. The van der Waals surface area contributed by atoms with Crippen molar-refractivity contribution in [2.45, 2.75) is 32.9 Å². The second-order valence-electron chi connectivity index (χ2n) is 4.94. The van der Waals surface area contributed by atoms with Crippen LogP contribution >= 0.6 is 0 Å². The summed E-state index contributed by atoms with van der Waals surface area (Å²) in [7, 11) is 0. The number of nitrogens with zero attached hydrogens (tertiary/aromatic N) is 1. The van der Waals surface area contributed by atoms with Crippen molar-refractivity contribution in [3.63, 3.8) is 0 Å². The Balaban J connectivity index is 2.63. The summed E-state index contributed by atoms with van der Waals surface area (Å²) in [4.78, 5) is 24.1. The van der Waals surface area contributed by atoms with E-state index in [1.165, 1.54) is 29.2 Å². The molecule has 0 spiro atoms. The predicted molar refractivity (Wildman–Crippen MR) is 75.2 cm³/mol. The first-order valence-electron chi connectivity index (χ1n) is 6.74. The Hall–Kier alpha value is -1.95. The van der Waals surface area contributed by atoms with Crippen LogP contribution < -0.4 is 0 Å². The summed E-state index contributed by atoms with van der Waals surface area (Å²) in [6, 6.07) is 5.62. The molecule has 116 valence electrons. The first-order chi connectivity index (χ1) is 9.88. The Morgan fingerprint density at radius 2 is 1.90 bits per heavy atom. The van der Waals surface area contributed by atoms with Crippen LogP contribution in [0.4, 0.5) is 4.39 Å². The van der Waals surface area contributed by atoms with Gasteiger partial charge >= 0.3 is 5.97 Å². The summed E-state index contributed by atoms with van der Waals surface area (Å²) >= 11 is 0. The van der Waals surface area contributed by atoms with Gasteiger partial charge in [0.2, 0.25) is 5.91 Å². The summed E-state index contributed by atoms with van der Waals surface area (Å²) in [6.45, 7) is 3.71. The molecule has 1 amide bonds. The normalized spacial score (nSPS) is 10.7. The van der Waals surface area contributed by atoms with Crippen molar-refractivity contribution in [1.29, 1.82) is 0 Å². The number of carbonyl (C=O) groups excluding carboxylic acids is 1. The molecule has 0 bridgehead atoms. The number of hydrogen-bond donors (Lipinski definition) is 1. The molecular weight excluding hydrogens is 277 g/mol. The number of aliphatic carboxylic acids is 1. The number of carbonyl (C=O) groups is 2. The van der Waals surface area contributed by atoms with Gasteiger partial charge in [-0.15, -0.1) is 0 Å². The van der Waals surface area contributed by atoms with Crippen LogP contribution in [0.3, 0.4) is 0 Å². The third kappa shape index (κ3) is 6.85. The molecule has 0 heterocycles. The Morgan fingerprint density at radius 1 is 1.29 bits per heavy atom. The molecule has 0 radical (unpaired) electrons. The lowest BCUT2D eigenvalue weighted by molar-refractivity contribution is -0.145. The van der Waals surface area contributed by atoms with Crippen LogP contribution in [0.5, 0.6) is 0 Å². The number of ether oxygens (including phenoxy) is 1. The smallest absolute Gasteiger partial charge is 0.323 e. The summed E-state index contributed by atoms with van der Waals surface area (Å²) < 4.78 is 18.1. The van der Waals surface area contributed by atoms with Crippen LogP contribution in [0.25, 0.3) is 0 Å². The number of halogens is 1. The van der Waals surface area contributed by atoms with Crippen LogP contribution in [0.15, 0.2) is 24.3 Å². The van der Waals surface area contributed by atoms with E-state index < -0.39 is 12.5 Å². The van der Waals surface area contributed by atoms with Crippen LogP contribution in [0.2, 0.25) is 0 Å². The molecule has 0 atom stereocenters. The average molecular weight is 297 g/mol. The first-order valence-corrected chi connectivity index (χ1v) is 6.74. The van der Waals surface area contributed by atoms with Gasteiger partial charge in [0.1, 0.15) is 12.4 Å². The van der Waals surface area contributed by atoms with E-state index in [1.54, 1.807) is 0 Å². The molecule has 0 aromatic heterocycles. The van der Waals surface area contributed by atoms with Crippen molar-refractivity contribution in [2.24, 2.45) is 0 Å². The van der Waals surface area contributed by atoms with Gasteiger partial charge in [0, 0.05) is 6.54 Å². The summed E-state index contributed by atoms with van der Waals surface area (Å²) in [5.41, 5.74) is 0.677. The fraction of sp³-hybridized carbons (Fsp3) is 0.467. The molecule has 0 saturated heterocycles. The zero-order valence-corrected chi connectivity index (χ0v) is 12.2. The molecule has 0 fully saturated rings. The highest BCUT2D eigenvalue weighted by Crippen LogP contribution is 2.08. The fourth-order valence-electron chi connectivity index (χ4n) is 1.75. The summed E-state index contributed by atoms with van der Waals surface area (Å²) in [5.74, 6) is -1.77. The highest BCUT2D eigenvalue weighted by atomic mass is 19.1. The molecule has 0 saturated carbocycles. The van der Waals surface area contributed by atoms with E-state index in [9.17, 15) is 14.0 Å². The third-order valence-electron chi connectivity index (χ3n) is 2.73. The van der Waals surface area contributed by atoms with Crippen molar-refractivity contribution in [3.8, 4) is 0 Å². The van der Waals surface area contributed by atoms with E-state index >= 15 is 0 Å². The summed E-state index contributed by atoms with van der Waals surface area (Å²) in [5, 5.41) is 8.88. The van der Waals surface area contributed by atoms with E-state index in [0.29, 0.717) is 5.56 Å². The second kappa shape index (κ2) is 8.36. The van der Waals surface area contributed by atoms with Crippen LogP contribution in [0.1, 0.15) is 25.8 Å². The summed E-state index contributed by atoms with van der Waals surface area (Å²) in [6.07, 6.45) is 0.134. The molecule has 1 N–H and O–H groups in total. The molecule has 0 aliphatic carbocycles. The minimum Gasteiger partial charge on any atom is -0.480 e. The zero-order valence-electron chi connectivity index (χ0n) is 12.2. The van der Waals surface area contributed by atoms with E-state index in [2.05, 4.69) is 0 Å². The number of carboxylic acids is 1. The van der Waals surface area contributed by atoms with E-state index in [-0.39, 0.29) is 37.4 Å². The molecular formula is C15H20FNO4. The number of amides is 1. The molecule has 1 aromatic carbocycles. The minimum absolute atomic E-state index is 0.0165. The van der Waals surface area contributed by atoms with Crippen molar-refractivity contribution >= 4 is 11.9 Å². The second-order valence-corrected chi connectivity index (χ2v) is 4.94. The number of benzene rings is 1. The van der Waals surface area contributed by atoms with Gasteiger partial charge in [-0.05, 0) is 31.5 Å². The van der Waals surface area contributed by atoms with Gasteiger partial charge in [0.15, 0.2) is 0 Å². The quantitative estimate of drug-likeness (QED) is 0.797. The number of hydrogen-bond acceptors (Lipinski definition) is 3. The third-order valence-corrected chi connectivity index (χ3v) is 2.73. The predicted octanol–water partition coefficient (Wildman–Crippen LogP) is 2.05. The number of carboxylic acid groups (broad SMARTS) is 1. The monoisotopic (exact) mass is 297 g/mol. The number of rotatable bonds is 8. The maximum absolute atomic E-state index is 12.8. The Kier molecular flexibility index (Phi) is 6.81. The van der Waals surface area contributed by atoms with Gasteiger partial charge in [-0.2, -0.15) is 0 Å². The van der Waals surface area contributed by atoms with E-state index in [1.807, 2.05) is 13.8 Å². The molecule has 6 heteroatoms. The van der Waals surface area contributed by atoms with Gasteiger partial charge < -0.3 is 14.7 Å². The highest BCUT2D eigenvalue weighted by molar-refractivity contribution is 5.81. The lowest BCUT2D eigenvalue weighted by Crippen LogP contribution is -2.35. The molecule has 1 rings (SSSR count). The largest absolute Gasteiger partial charge is 0.480 e. The Labute approximate surface area is 123 Å². The molecule has 0 unspecified atom stereocenters. The maximum Gasteiger partial charge on any atom is 0.323 e. The van der Waals surface area contributed by atoms with Crippen molar-refractivity contribution in [2.75, 3.05) is 13.2 Å². The van der Waals surface area contributed by atoms with Gasteiger partial charge in [-0.1, -0.05) is 12.1 Å². The van der Waals surface area contributed by atoms with Crippen molar-refractivity contribution in [1.82, 2.24) is 4.90 Å². The molecule has 21 heavy (non-hydrogen) atoms. The van der Waals surface area contributed by atoms with Gasteiger partial charge in [-0.25, -0.2) is 4.39 Å². The van der Waals surface area contributed by atoms with Crippen molar-refractivity contribution < 1.29 is 23.8 Å². The fourth-order valence-corrected chi connectivity index (χ4v) is 1.75. The van der Waals surface area contributed by atoms with Crippen LogP contribution in [-0.4, -0.2) is 41.1 Å². The maximum atomic E-state index is 12.8. The Bertz CT molecular complexity index is 473. The minimum atomic E-state index is -1.09. The van der Waals surface area contributed by atoms with Crippen LogP contribution in [-0.2, 0) is 20.9 Å². The standard InChI is InChI=1S/C15H20FNO4/c1-11(2)21-8-7-14(18)17(10-15(19)20)9-12-3-5-13(16)6-4-12/h3-6,11H,7-10H2,1-2H3,(H,19,20). The SMILES string of the molecule is CC(C)OCCC(=O)N(CC(=O)O)Cc1ccc(F)cc1. The topological polar surface area (TPSA) is 66.8 Å². The average Bonchev–Trinajstić information content (AvgIpc) is 2.39. The first kappa shape index (κ1) is 17.1. The van der Waals surface area contributed by atoms with Crippen molar-refractivity contribution in [3.05, 3.63) is 35.6 Å². The lowest BCUT2D eigenvalue weighted by Gasteiger charge is -2.21.